The Bertz CT molecular complexity index is 545. The van der Waals surface area contributed by atoms with Crippen molar-refractivity contribution in [1.82, 2.24) is 9.29 Å². The lowest BCUT2D eigenvalue weighted by atomic mass is 10.0. The van der Waals surface area contributed by atoms with E-state index in [0.29, 0.717) is 29.7 Å². The van der Waals surface area contributed by atoms with E-state index < -0.39 is 10.0 Å². The molecule has 0 amide bonds. The van der Waals surface area contributed by atoms with Gasteiger partial charge in [-0.1, -0.05) is 13.3 Å². The minimum Gasteiger partial charge on any atom is -0.370 e. The highest BCUT2D eigenvalue weighted by atomic mass is 32.2. The first kappa shape index (κ1) is 15.3. The van der Waals surface area contributed by atoms with Gasteiger partial charge in [0.1, 0.15) is 5.82 Å². The van der Waals surface area contributed by atoms with E-state index in [1.54, 1.807) is 22.6 Å². The van der Waals surface area contributed by atoms with E-state index >= 15 is 0 Å². The maximum Gasteiger partial charge on any atom is 0.243 e. The number of aromatic nitrogens is 1. The molecule has 0 saturated carbocycles. The van der Waals surface area contributed by atoms with E-state index in [0.717, 1.165) is 25.8 Å². The standard InChI is InChI=1S/C14H23N3O2S/c1-3-5-12-7-9-17(11-12)20(18,19)13-6-8-16-14(10-13)15-4-2/h6,8,10,12H,3-5,7,9,11H2,1-2H3,(H,15,16). The first-order valence-electron chi connectivity index (χ1n) is 7.28. The number of rotatable bonds is 6. The number of sulfonamides is 1. The third-order valence-corrected chi connectivity index (χ3v) is 5.53. The van der Waals surface area contributed by atoms with Gasteiger partial charge in [0.25, 0.3) is 0 Å². The smallest absolute Gasteiger partial charge is 0.243 e. The van der Waals surface area contributed by atoms with Gasteiger partial charge in [-0.3, -0.25) is 0 Å². The molecule has 1 saturated heterocycles. The fourth-order valence-electron chi connectivity index (χ4n) is 2.66. The molecule has 1 N–H and O–H groups in total. The van der Waals surface area contributed by atoms with Crippen molar-refractivity contribution in [3.63, 3.8) is 0 Å². The van der Waals surface area contributed by atoms with Gasteiger partial charge in [-0.05, 0) is 31.7 Å². The van der Waals surface area contributed by atoms with Crippen molar-refractivity contribution in [1.29, 1.82) is 0 Å². The van der Waals surface area contributed by atoms with Crippen LogP contribution in [0.3, 0.4) is 0 Å². The van der Waals surface area contributed by atoms with Gasteiger partial charge in [-0.25, -0.2) is 13.4 Å². The first-order valence-corrected chi connectivity index (χ1v) is 8.72. The summed E-state index contributed by atoms with van der Waals surface area (Å²) in [4.78, 5) is 4.45. The van der Waals surface area contributed by atoms with Gasteiger partial charge in [-0.2, -0.15) is 4.31 Å². The molecule has 1 aliphatic rings. The second kappa shape index (κ2) is 6.54. The van der Waals surface area contributed by atoms with Gasteiger partial charge < -0.3 is 5.32 Å². The van der Waals surface area contributed by atoms with Crippen LogP contribution in [-0.4, -0.2) is 37.3 Å². The summed E-state index contributed by atoms with van der Waals surface area (Å²) in [5.41, 5.74) is 0. The third-order valence-electron chi connectivity index (χ3n) is 3.67. The summed E-state index contributed by atoms with van der Waals surface area (Å²) in [7, 11) is -3.38. The van der Waals surface area contributed by atoms with Crippen molar-refractivity contribution in [3.05, 3.63) is 18.3 Å². The van der Waals surface area contributed by atoms with Crippen LogP contribution in [0.5, 0.6) is 0 Å². The lowest BCUT2D eigenvalue weighted by Crippen LogP contribution is -2.29. The van der Waals surface area contributed by atoms with E-state index in [1.807, 2.05) is 6.92 Å². The summed E-state index contributed by atoms with van der Waals surface area (Å²) >= 11 is 0. The molecule has 0 aromatic carbocycles. The fourth-order valence-corrected chi connectivity index (χ4v) is 4.20. The highest BCUT2D eigenvalue weighted by Crippen LogP contribution is 2.27. The average Bonchev–Trinajstić information content (AvgIpc) is 2.89. The van der Waals surface area contributed by atoms with Crippen molar-refractivity contribution >= 4 is 15.8 Å². The molecule has 0 spiro atoms. The van der Waals surface area contributed by atoms with Crippen LogP contribution >= 0.6 is 0 Å². The van der Waals surface area contributed by atoms with E-state index in [4.69, 9.17) is 0 Å². The zero-order valence-corrected chi connectivity index (χ0v) is 13.0. The summed E-state index contributed by atoms with van der Waals surface area (Å²) in [6.07, 6.45) is 4.73. The Morgan fingerprint density at radius 3 is 2.95 bits per heavy atom. The first-order chi connectivity index (χ1) is 9.57. The largest absolute Gasteiger partial charge is 0.370 e. The average molecular weight is 297 g/mol. The second-order valence-electron chi connectivity index (χ2n) is 5.21. The van der Waals surface area contributed by atoms with Crippen LogP contribution in [0.15, 0.2) is 23.2 Å². The van der Waals surface area contributed by atoms with Crippen LogP contribution in [0.25, 0.3) is 0 Å². The molecule has 6 heteroatoms. The Labute approximate surface area is 121 Å². The lowest BCUT2D eigenvalue weighted by molar-refractivity contribution is 0.444. The quantitative estimate of drug-likeness (QED) is 0.875. The maximum atomic E-state index is 12.6. The Morgan fingerprint density at radius 2 is 2.25 bits per heavy atom. The maximum absolute atomic E-state index is 12.6. The minimum atomic E-state index is -3.38. The van der Waals surface area contributed by atoms with E-state index in [1.165, 1.54) is 0 Å². The van der Waals surface area contributed by atoms with Gasteiger partial charge in [0, 0.05) is 31.9 Å². The lowest BCUT2D eigenvalue weighted by Gasteiger charge is -2.17. The van der Waals surface area contributed by atoms with Crippen LogP contribution in [0.1, 0.15) is 33.1 Å². The SMILES string of the molecule is CCCC1CCN(S(=O)(=O)c2ccnc(NCC)c2)C1. The minimum absolute atomic E-state index is 0.334. The number of pyridine rings is 1. The number of anilines is 1. The van der Waals surface area contributed by atoms with Crippen LogP contribution in [0.2, 0.25) is 0 Å². The van der Waals surface area contributed by atoms with Crippen molar-refractivity contribution in [2.45, 2.75) is 38.0 Å². The van der Waals surface area contributed by atoms with Crippen molar-refractivity contribution in [3.8, 4) is 0 Å². The Morgan fingerprint density at radius 1 is 1.45 bits per heavy atom. The molecule has 0 aliphatic carbocycles. The topological polar surface area (TPSA) is 62.3 Å². The molecule has 1 aromatic heterocycles. The number of hydrogen-bond acceptors (Lipinski definition) is 4. The van der Waals surface area contributed by atoms with Crippen molar-refractivity contribution in [2.24, 2.45) is 5.92 Å². The van der Waals surface area contributed by atoms with Gasteiger partial charge in [-0.15, -0.1) is 0 Å². The zero-order valence-electron chi connectivity index (χ0n) is 12.2. The molecule has 1 aliphatic heterocycles. The number of nitrogens with one attached hydrogen (secondary N) is 1. The van der Waals surface area contributed by atoms with Gasteiger partial charge in [0.2, 0.25) is 10.0 Å². The van der Waals surface area contributed by atoms with Gasteiger partial charge >= 0.3 is 0 Å². The van der Waals surface area contributed by atoms with Crippen LogP contribution in [0, 0.1) is 5.92 Å². The van der Waals surface area contributed by atoms with Crippen molar-refractivity contribution in [2.75, 3.05) is 25.0 Å². The zero-order chi connectivity index (χ0) is 14.6. The third kappa shape index (κ3) is 3.30. The second-order valence-corrected chi connectivity index (χ2v) is 7.15. The molecule has 112 valence electrons. The van der Waals surface area contributed by atoms with Crippen LogP contribution in [0.4, 0.5) is 5.82 Å². The number of hydrogen-bond donors (Lipinski definition) is 1. The summed E-state index contributed by atoms with van der Waals surface area (Å²) in [5, 5.41) is 3.05. The highest BCUT2D eigenvalue weighted by molar-refractivity contribution is 7.89. The molecular weight excluding hydrogens is 274 g/mol. The Hall–Kier alpha value is -1.14. The predicted octanol–water partition coefficient (Wildman–Crippen LogP) is 2.32. The number of nitrogens with zero attached hydrogens (tertiary/aromatic N) is 2. The van der Waals surface area contributed by atoms with Gasteiger partial charge in [0.15, 0.2) is 0 Å². The van der Waals surface area contributed by atoms with Crippen LogP contribution < -0.4 is 5.32 Å². The molecular formula is C14H23N3O2S. The molecule has 1 unspecified atom stereocenters. The summed E-state index contributed by atoms with van der Waals surface area (Å²) in [6, 6.07) is 3.19. The molecule has 0 radical (unpaired) electrons. The Balaban J connectivity index is 2.16. The molecule has 2 rings (SSSR count). The van der Waals surface area contributed by atoms with Crippen molar-refractivity contribution < 1.29 is 8.42 Å². The highest BCUT2D eigenvalue weighted by Gasteiger charge is 2.32. The fraction of sp³-hybridized carbons (Fsp3) is 0.643. The molecule has 2 heterocycles. The normalized spacial score (nSPS) is 20.2. The van der Waals surface area contributed by atoms with Gasteiger partial charge in [0.05, 0.1) is 4.90 Å². The van der Waals surface area contributed by atoms with E-state index in [9.17, 15) is 8.42 Å². The summed E-state index contributed by atoms with van der Waals surface area (Å²) < 4.78 is 26.8. The molecule has 20 heavy (non-hydrogen) atoms. The molecule has 5 nitrogen and oxygen atoms in total. The summed E-state index contributed by atoms with van der Waals surface area (Å²) in [5.74, 6) is 1.11. The van der Waals surface area contributed by atoms with Crippen LogP contribution in [-0.2, 0) is 10.0 Å². The predicted molar refractivity (Wildman–Crippen MR) is 80.2 cm³/mol. The molecule has 1 aromatic rings. The molecule has 1 atom stereocenters. The molecule has 1 fully saturated rings. The Kier molecular flexibility index (Phi) is 4.99. The van der Waals surface area contributed by atoms with E-state index in [2.05, 4.69) is 17.2 Å². The molecule has 0 bridgehead atoms. The monoisotopic (exact) mass is 297 g/mol. The summed E-state index contributed by atoms with van der Waals surface area (Å²) in [6.45, 7) is 6.10. The van der Waals surface area contributed by atoms with E-state index in [-0.39, 0.29) is 0 Å².